The largest absolute Gasteiger partial charge is 0.399 e. The molecule has 5 heteroatoms. The van der Waals surface area contributed by atoms with E-state index in [1.165, 1.54) is 0 Å². The Morgan fingerprint density at radius 2 is 2.10 bits per heavy atom. The summed E-state index contributed by atoms with van der Waals surface area (Å²) >= 11 is 0. The standard InChI is InChI=1S/C15H14N4O/c1-9-3-2-4-14(17-9)19-15(20)13-8-10-7-11(16)5-6-12(10)18-13/h2-8,18H,16H2,1H3,(H,17,19,20). The highest BCUT2D eigenvalue weighted by atomic mass is 16.1. The number of benzene rings is 1. The third-order valence-electron chi connectivity index (χ3n) is 3.02. The monoisotopic (exact) mass is 266 g/mol. The fraction of sp³-hybridized carbons (Fsp3) is 0.0667. The molecule has 0 aliphatic carbocycles. The molecular formula is C15H14N4O. The Kier molecular flexibility index (Phi) is 2.87. The summed E-state index contributed by atoms with van der Waals surface area (Å²) in [5.74, 6) is 0.311. The average Bonchev–Trinajstić information content (AvgIpc) is 2.81. The van der Waals surface area contributed by atoms with Crippen LogP contribution in [0.5, 0.6) is 0 Å². The zero-order valence-corrected chi connectivity index (χ0v) is 11.0. The lowest BCUT2D eigenvalue weighted by atomic mass is 10.2. The van der Waals surface area contributed by atoms with Crippen molar-refractivity contribution in [3.05, 3.63) is 53.9 Å². The molecule has 0 fully saturated rings. The average molecular weight is 266 g/mol. The third-order valence-corrected chi connectivity index (χ3v) is 3.02. The first-order valence-electron chi connectivity index (χ1n) is 6.25. The molecule has 0 aliphatic heterocycles. The van der Waals surface area contributed by atoms with Crippen LogP contribution in [0.2, 0.25) is 0 Å². The van der Waals surface area contributed by atoms with Gasteiger partial charge in [0.15, 0.2) is 0 Å². The Hall–Kier alpha value is -2.82. The minimum atomic E-state index is -0.224. The SMILES string of the molecule is Cc1cccc(NC(=O)c2cc3cc(N)ccc3[nH]2)n1. The van der Waals surface area contributed by atoms with Gasteiger partial charge in [-0.25, -0.2) is 4.98 Å². The molecule has 3 rings (SSSR count). The second-order valence-electron chi connectivity index (χ2n) is 4.65. The summed E-state index contributed by atoms with van der Waals surface area (Å²) in [7, 11) is 0. The highest BCUT2D eigenvalue weighted by molar-refractivity contribution is 6.05. The van der Waals surface area contributed by atoms with E-state index in [1.54, 1.807) is 18.2 Å². The van der Waals surface area contributed by atoms with Crippen LogP contribution < -0.4 is 11.1 Å². The van der Waals surface area contributed by atoms with Crippen LogP contribution >= 0.6 is 0 Å². The molecule has 5 nitrogen and oxygen atoms in total. The molecule has 1 amide bonds. The predicted molar refractivity (Wildman–Crippen MR) is 79.6 cm³/mol. The van der Waals surface area contributed by atoms with Crippen LogP contribution in [0.3, 0.4) is 0 Å². The van der Waals surface area contributed by atoms with Gasteiger partial charge in [0.2, 0.25) is 0 Å². The van der Waals surface area contributed by atoms with Crippen molar-refractivity contribution in [3.8, 4) is 0 Å². The number of rotatable bonds is 2. The van der Waals surface area contributed by atoms with Crippen molar-refractivity contribution in [2.45, 2.75) is 6.92 Å². The molecular weight excluding hydrogens is 252 g/mol. The number of nitrogens with zero attached hydrogens (tertiary/aromatic N) is 1. The lowest BCUT2D eigenvalue weighted by molar-refractivity contribution is 0.102. The molecule has 3 aromatic rings. The van der Waals surface area contributed by atoms with Gasteiger partial charge in [0.25, 0.3) is 5.91 Å². The molecule has 0 saturated heterocycles. The fourth-order valence-electron chi connectivity index (χ4n) is 2.07. The number of pyridine rings is 1. The molecule has 1 aromatic carbocycles. The third kappa shape index (κ3) is 2.33. The Morgan fingerprint density at radius 3 is 2.90 bits per heavy atom. The normalized spacial score (nSPS) is 10.7. The summed E-state index contributed by atoms with van der Waals surface area (Å²) in [5.41, 5.74) is 8.61. The maximum Gasteiger partial charge on any atom is 0.273 e. The van der Waals surface area contributed by atoms with Gasteiger partial charge in [0, 0.05) is 22.3 Å². The minimum Gasteiger partial charge on any atom is -0.399 e. The van der Waals surface area contributed by atoms with E-state index in [4.69, 9.17) is 5.73 Å². The first-order valence-corrected chi connectivity index (χ1v) is 6.25. The Balaban J connectivity index is 1.88. The van der Waals surface area contributed by atoms with Crippen molar-refractivity contribution < 1.29 is 4.79 Å². The van der Waals surface area contributed by atoms with Gasteiger partial charge in [-0.05, 0) is 43.3 Å². The fourth-order valence-corrected chi connectivity index (χ4v) is 2.07. The number of hydrogen-bond donors (Lipinski definition) is 3. The molecule has 0 atom stereocenters. The van der Waals surface area contributed by atoms with E-state index in [2.05, 4.69) is 15.3 Å². The van der Waals surface area contributed by atoms with Gasteiger partial charge in [-0.1, -0.05) is 6.07 Å². The van der Waals surface area contributed by atoms with Crippen molar-refractivity contribution in [2.24, 2.45) is 0 Å². The molecule has 2 aromatic heterocycles. The van der Waals surface area contributed by atoms with Crippen LogP contribution in [0.1, 0.15) is 16.2 Å². The van der Waals surface area contributed by atoms with Gasteiger partial charge >= 0.3 is 0 Å². The maximum absolute atomic E-state index is 12.2. The summed E-state index contributed by atoms with van der Waals surface area (Å²) < 4.78 is 0. The molecule has 0 bridgehead atoms. The molecule has 0 unspecified atom stereocenters. The second kappa shape index (κ2) is 4.70. The van der Waals surface area contributed by atoms with E-state index < -0.39 is 0 Å². The number of amides is 1. The summed E-state index contributed by atoms with van der Waals surface area (Å²) in [6.45, 7) is 1.88. The van der Waals surface area contributed by atoms with Crippen molar-refractivity contribution >= 4 is 28.3 Å². The molecule has 0 radical (unpaired) electrons. The van der Waals surface area contributed by atoms with Gasteiger partial charge in [0.05, 0.1) is 0 Å². The summed E-state index contributed by atoms with van der Waals surface area (Å²) in [4.78, 5) is 19.5. The first kappa shape index (κ1) is 12.2. The lowest BCUT2D eigenvalue weighted by Gasteiger charge is -2.03. The molecule has 0 spiro atoms. The quantitative estimate of drug-likeness (QED) is 0.623. The molecule has 0 aliphatic rings. The van der Waals surface area contributed by atoms with Crippen molar-refractivity contribution in [2.75, 3.05) is 11.1 Å². The van der Waals surface area contributed by atoms with Crippen LogP contribution in [0.25, 0.3) is 10.9 Å². The second-order valence-corrected chi connectivity index (χ2v) is 4.65. The zero-order valence-electron chi connectivity index (χ0n) is 11.0. The predicted octanol–water partition coefficient (Wildman–Crippen LogP) is 2.71. The Morgan fingerprint density at radius 1 is 1.25 bits per heavy atom. The summed E-state index contributed by atoms with van der Waals surface area (Å²) in [5, 5.41) is 3.67. The van der Waals surface area contributed by atoms with Gasteiger partial charge < -0.3 is 16.0 Å². The summed E-state index contributed by atoms with van der Waals surface area (Å²) in [6.07, 6.45) is 0. The Bertz CT molecular complexity index is 791. The van der Waals surface area contributed by atoms with E-state index in [9.17, 15) is 4.79 Å². The van der Waals surface area contributed by atoms with E-state index in [0.717, 1.165) is 16.6 Å². The van der Waals surface area contributed by atoms with E-state index >= 15 is 0 Å². The highest BCUT2D eigenvalue weighted by Crippen LogP contribution is 2.19. The topological polar surface area (TPSA) is 83.8 Å². The van der Waals surface area contributed by atoms with Crippen LogP contribution in [0.4, 0.5) is 11.5 Å². The van der Waals surface area contributed by atoms with Crippen LogP contribution in [-0.2, 0) is 0 Å². The van der Waals surface area contributed by atoms with E-state index in [-0.39, 0.29) is 5.91 Å². The number of aromatic nitrogens is 2. The van der Waals surface area contributed by atoms with Gasteiger partial charge in [-0.15, -0.1) is 0 Å². The van der Waals surface area contributed by atoms with Crippen molar-refractivity contribution in [3.63, 3.8) is 0 Å². The molecule has 100 valence electrons. The summed E-state index contributed by atoms with van der Waals surface area (Å²) in [6, 6.07) is 12.7. The number of anilines is 2. The smallest absolute Gasteiger partial charge is 0.273 e. The van der Waals surface area contributed by atoms with Crippen molar-refractivity contribution in [1.29, 1.82) is 0 Å². The van der Waals surface area contributed by atoms with Gasteiger partial charge in [0.1, 0.15) is 11.5 Å². The van der Waals surface area contributed by atoms with Crippen molar-refractivity contribution in [1.82, 2.24) is 9.97 Å². The van der Waals surface area contributed by atoms with Gasteiger partial charge in [-0.2, -0.15) is 0 Å². The van der Waals surface area contributed by atoms with Crippen LogP contribution in [0.15, 0.2) is 42.5 Å². The highest BCUT2D eigenvalue weighted by Gasteiger charge is 2.10. The van der Waals surface area contributed by atoms with E-state index in [1.807, 2.05) is 31.2 Å². The number of aryl methyl sites for hydroxylation is 1. The Labute approximate surface area is 115 Å². The lowest BCUT2D eigenvalue weighted by Crippen LogP contribution is -2.13. The minimum absolute atomic E-state index is 0.224. The molecule has 2 heterocycles. The number of carbonyl (C=O) groups is 1. The number of carbonyl (C=O) groups excluding carboxylic acids is 1. The molecule has 4 N–H and O–H groups in total. The number of nitrogens with one attached hydrogen (secondary N) is 2. The van der Waals surface area contributed by atoms with Crippen LogP contribution in [-0.4, -0.2) is 15.9 Å². The molecule has 0 saturated carbocycles. The number of nitrogen functional groups attached to an aromatic ring is 1. The molecule has 20 heavy (non-hydrogen) atoms. The number of H-pyrrole nitrogens is 1. The number of nitrogens with two attached hydrogens (primary N) is 1. The van der Waals surface area contributed by atoms with E-state index in [0.29, 0.717) is 17.2 Å². The van der Waals surface area contributed by atoms with Gasteiger partial charge in [-0.3, -0.25) is 4.79 Å². The number of hydrogen-bond acceptors (Lipinski definition) is 3. The van der Waals surface area contributed by atoms with Crippen LogP contribution in [0, 0.1) is 6.92 Å². The first-order chi connectivity index (χ1) is 9.61. The number of aromatic amines is 1. The zero-order chi connectivity index (χ0) is 14.1. The maximum atomic E-state index is 12.2. The number of fused-ring (bicyclic) bond motifs is 1.